The van der Waals surface area contributed by atoms with Crippen molar-refractivity contribution in [1.82, 2.24) is 5.32 Å². The summed E-state index contributed by atoms with van der Waals surface area (Å²) in [4.78, 5) is 12.5. The maximum absolute atomic E-state index is 12.5. The normalized spacial score (nSPS) is 25.4. The van der Waals surface area contributed by atoms with Crippen LogP contribution in [-0.4, -0.2) is 31.8 Å². The Bertz CT molecular complexity index is 539. The average molecular weight is 303 g/mol. The molecule has 2 saturated carbocycles. The van der Waals surface area contributed by atoms with Crippen LogP contribution >= 0.6 is 0 Å². The van der Waals surface area contributed by atoms with Crippen LogP contribution in [0.3, 0.4) is 0 Å². The maximum atomic E-state index is 12.5. The molecule has 22 heavy (non-hydrogen) atoms. The molecule has 0 bridgehead atoms. The Morgan fingerprint density at radius 3 is 2.86 bits per heavy atom. The fourth-order valence-corrected chi connectivity index (χ4v) is 3.85. The lowest BCUT2D eigenvalue weighted by molar-refractivity contribution is -0.169. The molecule has 120 valence electrons. The minimum absolute atomic E-state index is 0.0178. The molecule has 4 nitrogen and oxygen atoms in total. The number of nitrogens with one attached hydrogen (secondary N) is 1. The predicted octanol–water partition coefficient (Wildman–Crippen LogP) is 2.91. The molecule has 1 N–H and O–H groups in total. The molecule has 2 atom stereocenters. The number of hydrogen-bond acceptors (Lipinski definition) is 3. The van der Waals surface area contributed by atoms with Crippen LogP contribution in [0, 0.1) is 5.41 Å². The molecule has 1 amide bonds. The first-order chi connectivity index (χ1) is 10.7. The lowest BCUT2D eigenvalue weighted by atomic mass is 9.51. The first kappa shape index (κ1) is 15.5. The van der Waals surface area contributed by atoms with Crippen molar-refractivity contribution < 1.29 is 14.3 Å². The van der Waals surface area contributed by atoms with Crippen LogP contribution < -0.4 is 5.32 Å². The van der Waals surface area contributed by atoms with E-state index in [9.17, 15) is 4.79 Å². The van der Waals surface area contributed by atoms with E-state index in [1.54, 1.807) is 7.11 Å². The number of ether oxygens (including phenoxy) is 2. The molecule has 3 rings (SSSR count). The van der Waals surface area contributed by atoms with Gasteiger partial charge in [0.2, 0.25) is 0 Å². The molecule has 0 radical (unpaired) electrons. The predicted molar refractivity (Wildman–Crippen MR) is 84.7 cm³/mol. The third-order valence-corrected chi connectivity index (χ3v) is 5.24. The lowest BCUT2D eigenvalue weighted by Crippen LogP contribution is -2.67. The molecule has 2 fully saturated rings. The van der Waals surface area contributed by atoms with E-state index in [1.807, 2.05) is 31.2 Å². The fraction of sp³-hybridized carbons (Fsp3) is 0.611. The highest BCUT2D eigenvalue weighted by molar-refractivity contribution is 5.94. The number of methoxy groups -OCH3 is 1. The van der Waals surface area contributed by atoms with Crippen molar-refractivity contribution in [2.75, 3.05) is 13.7 Å². The zero-order valence-electron chi connectivity index (χ0n) is 13.4. The van der Waals surface area contributed by atoms with Crippen LogP contribution in [0.5, 0.6) is 0 Å². The van der Waals surface area contributed by atoms with Crippen molar-refractivity contribution in [1.29, 1.82) is 0 Å². The summed E-state index contributed by atoms with van der Waals surface area (Å²) in [7, 11) is 1.66. The van der Waals surface area contributed by atoms with Crippen molar-refractivity contribution in [3.8, 4) is 0 Å². The molecule has 2 unspecified atom stereocenters. The van der Waals surface area contributed by atoms with Gasteiger partial charge in [0, 0.05) is 30.7 Å². The second-order valence-electron chi connectivity index (χ2n) is 6.43. The minimum atomic E-state index is 0.0178. The molecule has 2 aliphatic rings. The number of rotatable bonds is 6. The Labute approximate surface area is 132 Å². The molecule has 1 aromatic rings. The van der Waals surface area contributed by atoms with E-state index in [0.717, 1.165) is 18.6 Å². The first-order valence-corrected chi connectivity index (χ1v) is 8.20. The minimum Gasteiger partial charge on any atom is -0.380 e. The van der Waals surface area contributed by atoms with E-state index in [2.05, 4.69) is 5.32 Å². The van der Waals surface area contributed by atoms with E-state index < -0.39 is 0 Å². The molecular formula is C18H25NO3. The second kappa shape index (κ2) is 6.39. The largest absolute Gasteiger partial charge is 0.380 e. The molecule has 0 aromatic heterocycles. The van der Waals surface area contributed by atoms with Crippen molar-refractivity contribution in [3.63, 3.8) is 0 Å². The summed E-state index contributed by atoms with van der Waals surface area (Å²) in [6.45, 7) is 3.33. The number of hydrogen-bond donors (Lipinski definition) is 1. The van der Waals surface area contributed by atoms with Gasteiger partial charge < -0.3 is 14.8 Å². The van der Waals surface area contributed by atoms with Crippen LogP contribution in [-0.2, 0) is 16.1 Å². The van der Waals surface area contributed by atoms with Gasteiger partial charge in [0.25, 0.3) is 5.91 Å². The Kier molecular flexibility index (Phi) is 4.50. The standard InChI is InChI=1S/C18H25NO3/c1-3-22-16-11-15(18(16)8-5-9-18)19-17(20)14-7-4-6-13(10-14)12-21-2/h4,6-7,10,15-16H,3,5,8-9,11-12H2,1-2H3,(H,19,20). The smallest absolute Gasteiger partial charge is 0.251 e. The van der Waals surface area contributed by atoms with Gasteiger partial charge in [-0.3, -0.25) is 4.79 Å². The van der Waals surface area contributed by atoms with Crippen LogP contribution in [0.2, 0.25) is 0 Å². The summed E-state index contributed by atoms with van der Waals surface area (Å²) in [6, 6.07) is 7.91. The van der Waals surface area contributed by atoms with Gasteiger partial charge in [-0.25, -0.2) is 0 Å². The van der Waals surface area contributed by atoms with Gasteiger partial charge in [-0.1, -0.05) is 18.6 Å². The third-order valence-electron chi connectivity index (χ3n) is 5.24. The van der Waals surface area contributed by atoms with Gasteiger partial charge in [0.05, 0.1) is 12.7 Å². The van der Waals surface area contributed by atoms with E-state index in [1.165, 1.54) is 19.3 Å². The van der Waals surface area contributed by atoms with E-state index in [-0.39, 0.29) is 17.4 Å². The maximum Gasteiger partial charge on any atom is 0.251 e. The Hall–Kier alpha value is -1.39. The Balaban J connectivity index is 1.64. The number of benzene rings is 1. The summed E-state index contributed by atoms with van der Waals surface area (Å²) in [5.41, 5.74) is 1.94. The number of amides is 1. The van der Waals surface area contributed by atoms with E-state index in [4.69, 9.17) is 9.47 Å². The van der Waals surface area contributed by atoms with Crippen LogP contribution in [0.4, 0.5) is 0 Å². The fourth-order valence-electron chi connectivity index (χ4n) is 3.85. The van der Waals surface area contributed by atoms with Gasteiger partial charge in [0.15, 0.2) is 0 Å². The van der Waals surface area contributed by atoms with E-state index >= 15 is 0 Å². The zero-order chi connectivity index (χ0) is 15.6. The van der Waals surface area contributed by atoms with E-state index in [0.29, 0.717) is 18.3 Å². The molecule has 0 heterocycles. The summed E-state index contributed by atoms with van der Waals surface area (Å²) < 4.78 is 11.0. The summed E-state index contributed by atoms with van der Waals surface area (Å²) in [5.74, 6) is 0.0178. The number of carbonyl (C=O) groups is 1. The summed E-state index contributed by atoms with van der Waals surface area (Å²) >= 11 is 0. The van der Waals surface area contributed by atoms with Gasteiger partial charge in [-0.2, -0.15) is 0 Å². The molecule has 2 aliphatic carbocycles. The number of carbonyl (C=O) groups excluding carboxylic acids is 1. The third kappa shape index (κ3) is 2.66. The summed E-state index contributed by atoms with van der Waals surface area (Å²) in [5, 5.41) is 3.22. The van der Waals surface area contributed by atoms with Crippen molar-refractivity contribution >= 4 is 5.91 Å². The highest BCUT2D eigenvalue weighted by Crippen LogP contribution is 2.57. The van der Waals surface area contributed by atoms with Crippen LogP contribution in [0.25, 0.3) is 0 Å². The van der Waals surface area contributed by atoms with Crippen LogP contribution in [0.15, 0.2) is 24.3 Å². The van der Waals surface area contributed by atoms with Gasteiger partial charge in [-0.05, 0) is 43.9 Å². The zero-order valence-corrected chi connectivity index (χ0v) is 13.4. The molecule has 0 aliphatic heterocycles. The molecule has 1 spiro atoms. The molecule has 1 aromatic carbocycles. The van der Waals surface area contributed by atoms with Gasteiger partial charge >= 0.3 is 0 Å². The lowest BCUT2D eigenvalue weighted by Gasteiger charge is -2.61. The van der Waals surface area contributed by atoms with Crippen molar-refractivity contribution in [2.24, 2.45) is 5.41 Å². The van der Waals surface area contributed by atoms with Crippen LogP contribution in [0.1, 0.15) is 48.5 Å². The van der Waals surface area contributed by atoms with Crippen molar-refractivity contribution in [2.45, 2.75) is 51.4 Å². The SMILES string of the molecule is CCOC1CC(NC(=O)c2cccc(COC)c2)C12CCC2. The highest BCUT2D eigenvalue weighted by atomic mass is 16.5. The molecule has 4 heteroatoms. The monoisotopic (exact) mass is 303 g/mol. The molecular weight excluding hydrogens is 278 g/mol. The second-order valence-corrected chi connectivity index (χ2v) is 6.43. The quantitative estimate of drug-likeness (QED) is 0.879. The highest BCUT2D eigenvalue weighted by Gasteiger charge is 2.59. The Morgan fingerprint density at radius 1 is 1.41 bits per heavy atom. The summed E-state index contributed by atoms with van der Waals surface area (Å²) in [6.07, 6.45) is 4.87. The first-order valence-electron chi connectivity index (χ1n) is 8.20. The topological polar surface area (TPSA) is 47.6 Å². The average Bonchev–Trinajstić information content (AvgIpc) is 2.45. The van der Waals surface area contributed by atoms with Crippen molar-refractivity contribution in [3.05, 3.63) is 35.4 Å². The Morgan fingerprint density at radius 2 is 2.23 bits per heavy atom. The molecule has 0 saturated heterocycles. The van der Waals surface area contributed by atoms with Gasteiger partial charge in [0.1, 0.15) is 0 Å². The van der Waals surface area contributed by atoms with Gasteiger partial charge in [-0.15, -0.1) is 0 Å².